The lowest BCUT2D eigenvalue weighted by Gasteiger charge is -2.29. The first-order chi connectivity index (χ1) is 10.3. The van der Waals surface area contributed by atoms with Gasteiger partial charge in [0.2, 0.25) is 0 Å². The molecule has 110 valence electrons. The van der Waals surface area contributed by atoms with E-state index in [1.54, 1.807) is 0 Å². The fraction of sp³-hybridized carbons (Fsp3) is 0.294. The molecule has 1 aliphatic rings. The topological polar surface area (TPSA) is 27.7 Å². The molecule has 0 amide bonds. The minimum atomic E-state index is -0.0576. The van der Waals surface area contributed by atoms with E-state index < -0.39 is 0 Å². The lowest BCUT2D eigenvalue weighted by atomic mass is 10.1. The van der Waals surface area contributed by atoms with Crippen LogP contribution in [0.4, 0.5) is 0 Å². The molecule has 0 bridgehead atoms. The molecule has 0 fully saturated rings. The standard InChI is InChI=1S/C17H17BrO3/c1-2-19-13-9-7-12(8-10-13)17(18)16-11-20-14-5-3-4-6-15(14)21-16/h3-10,16-17H,2,11H2,1H3. The molecule has 0 aromatic heterocycles. The van der Waals surface area contributed by atoms with E-state index in [0.717, 1.165) is 22.8 Å². The quantitative estimate of drug-likeness (QED) is 0.768. The van der Waals surface area contributed by atoms with Gasteiger partial charge in [0, 0.05) is 0 Å². The number of hydrogen-bond donors (Lipinski definition) is 0. The van der Waals surface area contributed by atoms with E-state index in [1.807, 2.05) is 55.5 Å². The van der Waals surface area contributed by atoms with Gasteiger partial charge in [-0.1, -0.05) is 40.2 Å². The second-order valence-corrected chi connectivity index (χ2v) is 5.80. The van der Waals surface area contributed by atoms with Crippen molar-refractivity contribution in [3.63, 3.8) is 0 Å². The summed E-state index contributed by atoms with van der Waals surface area (Å²) in [5, 5.41) is 0. The maximum atomic E-state index is 6.02. The molecule has 4 heteroatoms. The van der Waals surface area contributed by atoms with Gasteiger partial charge in [-0.2, -0.15) is 0 Å². The molecule has 0 spiro atoms. The first kappa shape index (κ1) is 14.3. The smallest absolute Gasteiger partial charge is 0.161 e. The molecule has 2 aromatic rings. The van der Waals surface area contributed by atoms with Gasteiger partial charge in [0.05, 0.1) is 11.4 Å². The molecule has 2 atom stereocenters. The number of hydrogen-bond acceptors (Lipinski definition) is 3. The molecular formula is C17H17BrO3. The fourth-order valence-corrected chi connectivity index (χ4v) is 2.87. The first-order valence-corrected chi connectivity index (χ1v) is 7.95. The molecule has 0 radical (unpaired) electrons. The monoisotopic (exact) mass is 348 g/mol. The summed E-state index contributed by atoms with van der Waals surface area (Å²) in [6.07, 6.45) is -0.0576. The van der Waals surface area contributed by atoms with Crippen molar-refractivity contribution >= 4 is 15.9 Å². The molecule has 0 saturated heterocycles. The highest BCUT2D eigenvalue weighted by Crippen LogP contribution is 2.37. The average molecular weight is 349 g/mol. The second-order valence-electron chi connectivity index (χ2n) is 4.82. The third-order valence-electron chi connectivity index (χ3n) is 3.37. The number of benzene rings is 2. The number of ether oxygens (including phenoxy) is 3. The van der Waals surface area contributed by atoms with E-state index >= 15 is 0 Å². The van der Waals surface area contributed by atoms with Crippen LogP contribution in [0.15, 0.2) is 48.5 Å². The first-order valence-electron chi connectivity index (χ1n) is 7.03. The zero-order valence-corrected chi connectivity index (χ0v) is 13.4. The van der Waals surface area contributed by atoms with Crippen LogP contribution in [0.5, 0.6) is 17.2 Å². The molecule has 1 aliphatic heterocycles. The third-order valence-corrected chi connectivity index (χ3v) is 4.48. The Morgan fingerprint density at radius 2 is 1.86 bits per heavy atom. The number of para-hydroxylation sites is 2. The Hall–Kier alpha value is -1.68. The lowest BCUT2D eigenvalue weighted by Crippen LogP contribution is -2.32. The third kappa shape index (κ3) is 3.16. The predicted octanol–water partition coefficient (Wildman–Crippen LogP) is 4.36. The summed E-state index contributed by atoms with van der Waals surface area (Å²) < 4.78 is 17.2. The summed E-state index contributed by atoms with van der Waals surface area (Å²) in [4.78, 5) is 0.0709. The largest absolute Gasteiger partial charge is 0.494 e. The molecule has 2 unspecified atom stereocenters. The Morgan fingerprint density at radius 1 is 1.14 bits per heavy atom. The highest BCUT2D eigenvalue weighted by molar-refractivity contribution is 9.09. The average Bonchev–Trinajstić information content (AvgIpc) is 2.55. The van der Waals surface area contributed by atoms with Crippen molar-refractivity contribution in [2.75, 3.05) is 13.2 Å². The van der Waals surface area contributed by atoms with Crippen LogP contribution in [0, 0.1) is 0 Å². The van der Waals surface area contributed by atoms with Crippen molar-refractivity contribution in [3.05, 3.63) is 54.1 Å². The Kier molecular flexibility index (Phi) is 4.34. The van der Waals surface area contributed by atoms with Gasteiger partial charge in [-0.15, -0.1) is 0 Å². The van der Waals surface area contributed by atoms with Crippen molar-refractivity contribution in [2.45, 2.75) is 17.9 Å². The minimum absolute atomic E-state index is 0.0576. The second kappa shape index (κ2) is 6.39. The van der Waals surface area contributed by atoms with Gasteiger partial charge in [-0.3, -0.25) is 0 Å². The molecule has 0 N–H and O–H groups in total. The summed E-state index contributed by atoms with van der Waals surface area (Å²) in [6, 6.07) is 15.8. The Labute approximate surface area is 133 Å². The molecule has 1 heterocycles. The van der Waals surface area contributed by atoms with Crippen LogP contribution in [-0.2, 0) is 0 Å². The highest BCUT2D eigenvalue weighted by atomic mass is 79.9. The van der Waals surface area contributed by atoms with Gasteiger partial charge in [0.25, 0.3) is 0 Å². The number of rotatable bonds is 4. The summed E-state index contributed by atoms with van der Waals surface area (Å²) in [7, 11) is 0. The maximum absolute atomic E-state index is 6.02. The fourth-order valence-electron chi connectivity index (χ4n) is 2.31. The molecule has 0 aliphatic carbocycles. The van der Waals surface area contributed by atoms with Gasteiger partial charge in [0.1, 0.15) is 18.5 Å². The van der Waals surface area contributed by atoms with Crippen LogP contribution in [0.25, 0.3) is 0 Å². The van der Waals surface area contributed by atoms with Gasteiger partial charge in [-0.25, -0.2) is 0 Å². The predicted molar refractivity (Wildman–Crippen MR) is 85.6 cm³/mol. The van der Waals surface area contributed by atoms with E-state index in [9.17, 15) is 0 Å². The number of fused-ring (bicyclic) bond motifs is 1. The SMILES string of the molecule is CCOc1ccc(C(Br)C2COc3ccccc3O2)cc1. The highest BCUT2D eigenvalue weighted by Gasteiger charge is 2.28. The molecular weight excluding hydrogens is 332 g/mol. The van der Waals surface area contributed by atoms with Crippen molar-refractivity contribution in [3.8, 4) is 17.2 Å². The number of alkyl halides is 1. The van der Waals surface area contributed by atoms with E-state index in [1.165, 1.54) is 0 Å². The van der Waals surface area contributed by atoms with E-state index in [-0.39, 0.29) is 10.9 Å². The van der Waals surface area contributed by atoms with Crippen LogP contribution in [0.1, 0.15) is 17.3 Å². The zero-order valence-electron chi connectivity index (χ0n) is 11.8. The van der Waals surface area contributed by atoms with Crippen LogP contribution in [0.2, 0.25) is 0 Å². The van der Waals surface area contributed by atoms with Gasteiger partial charge in [-0.05, 0) is 36.8 Å². The Morgan fingerprint density at radius 3 is 2.57 bits per heavy atom. The van der Waals surface area contributed by atoms with Gasteiger partial charge >= 0.3 is 0 Å². The van der Waals surface area contributed by atoms with Crippen LogP contribution in [0.3, 0.4) is 0 Å². The summed E-state index contributed by atoms with van der Waals surface area (Å²) in [6.45, 7) is 3.18. The van der Waals surface area contributed by atoms with Crippen molar-refractivity contribution < 1.29 is 14.2 Å². The van der Waals surface area contributed by atoms with E-state index in [4.69, 9.17) is 14.2 Å². The molecule has 3 rings (SSSR count). The van der Waals surface area contributed by atoms with Crippen molar-refractivity contribution in [1.82, 2.24) is 0 Å². The van der Waals surface area contributed by atoms with Crippen LogP contribution < -0.4 is 14.2 Å². The van der Waals surface area contributed by atoms with Gasteiger partial charge in [0.15, 0.2) is 11.5 Å². The lowest BCUT2D eigenvalue weighted by molar-refractivity contribution is 0.0904. The minimum Gasteiger partial charge on any atom is -0.494 e. The van der Waals surface area contributed by atoms with Crippen LogP contribution >= 0.6 is 15.9 Å². The van der Waals surface area contributed by atoms with Crippen molar-refractivity contribution in [1.29, 1.82) is 0 Å². The zero-order chi connectivity index (χ0) is 14.7. The van der Waals surface area contributed by atoms with Crippen molar-refractivity contribution in [2.24, 2.45) is 0 Å². The van der Waals surface area contributed by atoms with Gasteiger partial charge < -0.3 is 14.2 Å². The maximum Gasteiger partial charge on any atom is 0.161 e. The molecule has 2 aromatic carbocycles. The Bertz CT molecular complexity index is 597. The molecule has 3 nitrogen and oxygen atoms in total. The summed E-state index contributed by atoms with van der Waals surface area (Å²) in [5.41, 5.74) is 1.14. The molecule has 21 heavy (non-hydrogen) atoms. The van der Waals surface area contributed by atoms with E-state index in [2.05, 4.69) is 15.9 Å². The van der Waals surface area contributed by atoms with E-state index in [0.29, 0.717) is 13.2 Å². The Balaban J connectivity index is 1.72. The molecule has 0 saturated carbocycles. The summed E-state index contributed by atoms with van der Waals surface area (Å²) >= 11 is 3.72. The summed E-state index contributed by atoms with van der Waals surface area (Å²) in [5.74, 6) is 2.48. The number of halogens is 1. The normalized spacial score (nSPS) is 18.1. The van der Waals surface area contributed by atoms with Crippen LogP contribution in [-0.4, -0.2) is 19.3 Å².